The highest BCUT2D eigenvalue weighted by Crippen LogP contribution is 2.32. The molecule has 0 spiro atoms. The molecule has 7 heteroatoms. The molecule has 2 aliphatic rings. The minimum absolute atomic E-state index is 0.546. The highest BCUT2D eigenvalue weighted by molar-refractivity contribution is 5.44. The molecule has 1 aromatic carbocycles. The lowest BCUT2D eigenvalue weighted by molar-refractivity contribution is 0.109. The maximum Gasteiger partial charge on any atom is 0.161 e. The number of ether oxygens (including phenoxy) is 2. The average molecular weight is 356 g/mol. The zero-order chi connectivity index (χ0) is 17.8. The van der Waals surface area contributed by atoms with Crippen molar-refractivity contribution < 1.29 is 14.6 Å². The fraction of sp³-hybridized carbons (Fsp3) is 0.474. The molecule has 1 aromatic heterocycles. The molecule has 0 saturated carbocycles. The third-order valence-corrected chi connectivity index (χ3v) is 4.83. The van der Waals surface area contributed by atoms with Gasteiger partial charge in [0.1, 0.15) is 5.82 Å². The predicted molar refractivity (Wildman–Crippen MR) is 97.7 cm³/mol. The van der Waals surface area contributed by atoms with Crippen LogP contribution in [-0.4, -0.2) is 65.9 Å². The summed E-state index contributed by atoms with van der Waals surface area (Å²) in [6, 6.07) is 5.72. The van der Waals surface area contributed by atoms with Crippen LogP contribution < -0.4 is 14.4 Å². The Balaban J connectivity index is 1.34. The Labute approximate surface area is 153 Å². The highest BCUT2D eigenvalue weighted by atomic mass is 16.5. The smallest absolute Gasteiger partial charge is 0.161 e. The van der Waals surface area contributed by atoms with Crippen LogP contribution in [0.1, 0.15) is 18.1 Å². The quantitative estimate of drug-likeness (QED) is 0.890. The van der Waals surface area contributed by atoms with Crippen LogP contribution in [0.3, 0.4) is 0 Å². The monoisotopic (exact) mass is 356 g/mol. The summed E-state index contributed by atoms with van der Waals surface area (Å²) in [5.74, 6) is 2.40. The van der Waals surface area contributed by atoms with Gasteiger partial charge in [0, 0.05) is 51.5 Å². The Morgan fingerprint density at radius 3 is 2.62 bits per heavy atom. The Morgan fingerprint density at radius 2 is 1.85 bits per heavy atom. The number of nitrogens with zero attached hydrogens (tertiary/aromatic N) is 4. The van der Waals surface area contributed by atoms with Gasteiger partial charge in [-0.05, 0) is 17.7 Å². The first kappa shape index (κ1) is 17.1. The van der Waals surface area contributed by atoms with Crippen molar-refractivity contribution in [2.75, 3.05) is 50.8 Å². The number of aliphatic hydroxyl groups excluding tert-OH is 1. The summed E-state index contributed by atoms with van der Waals surface area (Å²) < 4.78 is 11.4. The Morgan fingerprint density at radius 1 is 1.04 bits per heavy atom. The first-order chi connectivity index (χ1) is 12.8. The van der Waals surface area contributed by atoms with Crippen molar-refractivity contribution >= 4 is 5.82 Å². The maximum atomic E-state index is 10.7. The second-order valence-corrected chi connectivity index (χ2v) is 6.62. The van der Waals surface area contributed by atoms with Gasteiger partial charge in [0.15, 0.2) is 11.5 Å². The predicted octanol–water partition coefficient (Wildman–Crippen LogP) is 1.49. The molecule has 1 saturated heterocycles. The van der Waals surface area contributed by atoms with Crippen LogP contribution in [-0.2, 0) is 0 Å². The first-order valence-electron chi connectivity index (χ1n) is 9.10. The molecule has 7 nitrogen and oxygen atoms in total. The van der Waals surface area contributed by atoms with Crippen molar-refractivity contribution in [1.82, 2.24) is 14.9 Å². The van der Waals surface area contributed by atoms with Gasteiger partial charge in [-0.3, -0.25) is 9.88 Å². The van der Waals surface area contributed by atoms with Gasteiger partial charge in [-0.2, -0.15) is 0 Å². The molecule has 3 heterocycles. The molecule has 0 aliphatic carbocycles. The summed E-state index contributed by atoms with van der Waals surface area (Å²) in [4.78, 5) is 13.0. The summed E-state index contributed by atoms with van der Waals surface area (Å²) in [5, 5.41) is 10.7. The van der Waals surface area contributed by atoms with Crippen LogP contribution in [0.2, 0.25) is 0 Å². The van der Waals surface area contributed by atoms with E-state index in [9.17, 15) is 5.11 Å². The van der Waals surface area contributed by atoms with Crippen molar-refractivity contribution in [3.05, 3.63) is 42.4 Å². The number of hydrogen-bond acceptors (Lipinski definition) is 7. The fourth-order valence-electron chi connectivity index (χ4n) is 3.35. The third-order valence-electron chi connectivity index (χ3n) is 4.83. The Bertz CT molecular complexity index is 720. The van der Waals surface area contributed by atoms with Gasteiger partial charge in [-0.25, -0.2) is 4.98 Å². The number of benzene rings is 1. The lowest BCUT2D eigenvalue weighted by atomic mass is 10.1. The summed E-state index contributed by atoms with van der Waals surface area (Å²) in [6.07, 6.45) is 5.53. The summed E-state index contributed by atoms with van der Waals surface area (Å²) >= 11 is 0. The molecule has 138 valence electrons. The van der Waals surface area contributed by atoms with Crippen molar-refractivity contribution in [1.29, 1.82) is 0 Å². The SMILES string of the molecule is O[C@@H](CN1CCN(c2cnccn2)CC1)c1ccc2c(c1)OCCCO2. The standard InChI is InChI=1S/C19H24N4O3/c24-16(15-2-3-17-18(12-15)26-11-1-10-25-17)14-22-6-8-23(9-7-22)19-13-20-4-5-21-19/h2-5,12-13,16,24H,1,6-11,14H2/t16-/m0/s1. The van der Waals surface area contributed by atoms with E-state index in [1.54, 1.807) is 18.6 Å². The molecule has 0 radical (unpaired) electrons. The molecular weight excluding hydrogens is 332 g/mol. The molecular formula is C19H24N4O3. The topological polar surface area (TPSA) is 71.0 Å². The Kier molecular flexibility index (Phi) is 5.17. The normalized spacial score (nSPS) is 19.0. The van der Waals surface area contributed by atoms with E-state index < -0.39 is 6.10 Å². The van der Waals surface area contributed by atoms with Crippen molar-refractivity contribution in [3.8, 4) is 11.5 Å². The van der Waals surface area contributed by atoms with E-state index in [4.69, 9.17) is 9.47 Å². The van der Waals surface area contributed by atoms with Crippen molar-refractivity contribution in [2.24, 2.45) is 0 Å². The molecule has 4 rings (SSSR count). The molecule has 2 aliphatic heterocycles. The number of aliphatic hydroxyl groups is 1. The van der Waals surface area contributed by atoms with Crippen LogP contribution in [0.25, 0.3) is 0 Å². The fourth-order valence-corrected chi connectivity index (χ4v) is 3.35. The van der Waals surface area contributed by atoms with Gasteiger partial charge in [0.05, 0.1) is 25.5 Å². The number of aromatic nitrogens is 2. The van der Waals surface area contributed by atoms with E-state index in [0.29, 0.717) is 19.8 Å². The second-order valence-electron chi connectivity index (χ2n) is 6.62. The van der Waals surface area contributed by atoms with Crippen molar-refractivity contribution in [2.45, 2.75) is 12.5 Å². The number of hydrogen-bond donors (Lipinski definition) is 1. The lowest BCUT2D eigenvalue weighted by Gasteiger charge is -2.36. The van der Waals surface area contributed by atoms with Crippen LogP contribution in [0.15, 0.2) is 36.8 Å². The van der Waals surface area contributed by atoms with E-state index in [1.165, 1.54) is 0 Å². The zero-order valence-electron chi connectivity index (χ0n) is 14.8. The largest absolute Gasteiger partial charge is 0.490 e. The number of piperazine rings is 1. The maximum absolute atomic E-state index is 10.7. The van der Waals surface area contributed by atoms with Crippen LogP contribution >= 0.6 is 0 Å². The second kappa shape index (κ2) is 7.88. The highest BCUT2D eigenvalue weighted by Gasteiger charge is 2.22. The van der Waals surface area contributed by atoms with Crippen LogP contribution in [0.4, 0.5) is 5.82 Å². The number of anilines is 1. The number of rotatable bonds is 4. The summed E-state index contributed by atoms with van der Waals surface area (Å²) in [7, 11) is 0. The molecule has 2 aromatic rings. The van der Waals surface area contributed by atoms with Gasteiger partial charge in [-0.1, -0.05) is 6.07 Å². The van der Waals surface area contributed by atoms with Gasteiger partial charge < -0.3 is 19.5 Å². The van der Waals surface area contributed by atoms with E-state index in [1.807, 2.05) is 18.2 Å². The van der Waals surface area contributed by atoms with E-state index >= 15 is 0 Å². The van der Waals surface area contributed by atoms with E-state index in [2.05, 4.69) is 19.8 Å². The summed E-state index contributed by atoms with van der Waals surface area (Å²) in [5.41, 5.74) is 0.866. The first-order valence-corrected chi connectivity index (χ1v) is 9.10. The third kappa shape index (κ3) is 3.89. The van der Waals surface area contributed by atoms with Crippen LogP contribution in [0, 0.1) is 0 Å². The van der Waals surface area contributed by atoms with Crippen molar-refractivity contribution in [3.63, 3.8) is 0 Å². The van der Waals surface area contributed by atoms with Gasteiger partial charge in [0.25, 0.3) is 0 Å². The molecule has 1 fully saturated rings. The average Bonchev–Trinajstić information content (AvgIpc) is 2.94. The molecule has 1 N–H and O–H groups in total. The van der Waals surface area contributed by atoms with Gasteiger partial charge in [0.2, 0.25) is 0 Å². The Hall–Kier alpha value is -2.38. The van der Waals surface area contributed by atoms with Crippen LogP contribution in [0.5, 0.6) is 11.5 Å². The minimum atomic E-state index is -0.546. The van der Waals surface area contributed by atoms with E-state index in [-0.39, 0.29) is 0 Å². The minimum Gasteiger partial charge on any atom is -0.490 e. The number of β-amino-alcohol motifs (C(OH)–C–C–N with tert-alkyl or cyclic N) is 1. The molecule has 1 atom stereocenters. The van der Waals surface area contributed by atoms with E-state index in [0.717, 1.165) is 55.5 Å². The number of fused-ring (bicyclic) bond motifs is 1. The molecule has 0 amide bonds. The molecule has 26 heavy (non-hydrogen) atoms. The molecule has 0 unspecified atom stereocenters. The lowest BCUT2D eigenvalue weighted by Crippen LogP contribution is -2.47. The molecule has 0 bridgehead atoms. The summed E-state index contributed by atoms with van der Waals surface area (Å²) in [6.45, 7) is 5.46. The van der Waals surface area contributed by atoms with Gasteiger partial charge in [-0.15, -0.1) is 0 Å². The van der Waals surface area contributed by atoms with Gasteiger partial charge >= 0.3 is 0 Å². The zero-order valence-corrected chi connectivity index (χ0v) is 14.8.